The van der Waals surface area contributed by atoms with Crippen LogP contribution in [0.15, 0.2) is 48.5 Å². The molecule has 1 N–H and O–H groups in total. The molecule has 4 rings (SSSR count). The molecular formula is C26H32N2O5S. The number of nitrogens with one attached hydrogen (secondary N) is 1. The first-order valence-corrected chi connectivity index (χ1v) is 13.7. The molecule has 4 unspecified atom stereocenters. The largest absolute Gasteiger partial charge is 0.465 e. The number of esters is 1. The molecule has 1 saturated carbocycles. The first-order valence-electron chi connectivity index (χ1n) is 11.8. The van der Waals surface area contributed by atoms with Crippen molar-refractivity contribution >= 4 is 21.9 Å². The number of hydrogen-bond donors (Lipinski definition) is 1. The van der Waals surface area contributed by atoms with E-state index in [-0.39, 0.29) is 24.5 Å². The van der Waals surface area contributed by atoms with Gasteiger partial charge in [0.2, 0.25) is 10.0 Å². The van der Waals surface area contributed by atoms with Crippen molar-refractivity contribution in [1.29, 1.82) is 0 Å². The SMILES string of the molecule is CCOC(=O)C1c2ccccc2C(=O)N(C2CCCCC2NS(C)(=O)=O)C1c1cccc(C)c1. The van der Waals surface area contributed by atoms with Gasteiger partial charge in [-0.25, -0.2) is 13.1 Å². The van der Waals surface area contributed by atoms with Crippen molar-refractivity contribution in [3.05, 3.63) is 70.8 Å². The van der Waals surface area contributed by atoms with Crippen molar-refractivity contribution in [3.8, 4) is 0 Å². The van der Waals surface area contributed by atoms with Gasteiger partial charge in [0, 0.05) is 17.6 Å². The fourth-order valence-electron chi connectivity index (χ4n) is 5.47. The van der Waals surface area contributed by atoms with Gasteiger partial charge in [-0.05, 0) is 43.9 Å². The maximum Gasteiger partial charge on any atom is 0.315 e. The minimum absolute atomic E-state index is 0.185. The molecule has 4 atom stereocenters. The summed E-state index contributed by atoms with van der Waals surface area (Å²) in [6, 6.07) is 13.6. The molecule has 1 aliphatic heterocycles. The van der Waals surface area contributed by atoms with Gasteiger partial charge in [0.05, 0.1) is 18.9 Å². The number of aryl methyl sites for hydroxylation is 1. The number of amides is 1. The van der Waals surface area contributed by atoms with E-state index < -0.39 is 28.0 Å². The van der Waals surface area contributed by atoms with Gasteiger partial charge < -0.3 is 9.64 Å². The van der Waals surface area contributed by atoms with Gasteiger partial charge >= 0.3 is 5.97 Å². The fraction of sp³-hybridized carbons (Fsp3) is 0.462. The highest BCUT2D eigenvalue weighted by Gasteiger charge is 2.49. The van der Waals surface area contributed by atoms with Crippen LogP contribution in [0.1, 0.15) is 71.6 Å². The van der Waals surface area contributed by atoms with Crippen LogP contribution in [-0.2, 0) is 19.6 Å². The lowest BCUT2D eigenvalue weighted by Gasteiger charge is -2.48. The van der Waals surface area contributed by atoms with Crippen LogP contribution in [-0.4, -0.2) is 50.1 Å². The third kappa shape index (κ3) is 4.88. The van der Waals surface area contributed by atoms with Gasteiger partial charge in [-0.3, -0.25) is 9.59 Å². The Hall–Kier alpha value is -2.71. The summed E-state index contributed by atoms with van der Waals surface area (Å²) >= 11 is 0. The van der Waals surface area contributed by atoms with Crippen LogP contribution in [0.5, 0.6) is 0 Å². The van der Waals surface area contributed by atoms with E-state index in [2.05, 4.69) is 4.72 Å². The van der Waals surface area contributed by atoms with Crippen molar-refractivity contribution in [2.75, 3.05) is 12.9 Å². The molecule has 2 aromatic carbocycles. The van der Waals surface area contributed by atoms with Gasteiger partial charge in [0.1, 0.15) is 5.92 Å². The Bertz CT molecular complexity index is 1180. The number of ether oxygens (including phenoxy) is 1. The highest BCUT2D eigenvalue weighted by molar-refractivity contribution is 7.88. The number of nitrogens with zero attached hydrogens (tertiary/aromatic N) is 1. The Morgan fingerprint density at radius 2 is 1.85 bits per heavy atom. The normalized spacial score (nSPS) is 25.0. The molecule has 1 aliphatic carbocycles. The number of benzene rings is 2. The Morgan fingerprint density at radius 3 is 2.56 bits per heavy atom. The zero-order valence-corrected chi connectivity index (χ0v) is 20.7. The molecule has 0 aromatic heterocycles. The summed E-state index contributed by atoms with van der Waals surface area (Å²) in [4.78, 5) is 29.2. The minimum atomic E-state index is -3.48. The summed E-state index contributed by atoms with van der Waals surface area (Å²) in [7, 11) is -3.48. The molecule has 34 heavy (non-hydrogen) atoms. The van der Waals surface area contributed by atoms with Crippen molar-refractivity contribution in [1.82, 2.24) is 9.62 Å². The van der Waals surface area contributed by atoms with E-state index in [4.69, 9.17) is 4.74 Å². The molecule has 2 aliphatic rings. The van der Waals surface area contributed by atoms with E-state index in [1.165, 1.54) is 0 Å². The van der Waals surface area contributed by atoms with Crippen LogP contribution < -0.4 is 4.72 Å². The molecular weight excluding hydrogens is 452 g/mol. The Morgan fingerprint density at radius 1 is 1.12 bits per heavy atom. The minimum Gasteiger partial charge on any atom is -0.465 e. The summed E-state index contributed by atoms with van der Waals surface area (Å²) in [5, 5.41) is 0. The second-order valence-corrected chi connectivity index (χ2v) is 11.0. The van der Waals surface area contributed by atoms with Gasteiger partial charge in [0.25, 0.3) is 5.91 Å². The lowest BCUT2D eigenvalue weighted by molar-refractivity contribution is -0.147. The molecule has 1 fully saturated rings. The Kier molecular flexibility index (Phi) is 7.09. The standard InChI is InChI=1S/C26H32N2O5S/c1-4-33-26(30)23-19-12-5-6-13-20(19)25(29)28(24(23)18-11-9-10-17(2)16-18)22-15-8-7-14-21(22)27-34(3,31)32/h5-6,9-13,16,21-24,27H,4,7-8,14-15H2,1-3H3. The van der Waals surface area contributed by atoms with E-state index in [9.17, 15) is 18.0 Å². The van der Waals surface area contributed by atoms with Gasteiger partial charge in [-0.1, -0.05) is 60.9 Å². The zero-order valence-electron chi connectivity index (χ0n) is 19.9. The Balaban J connectivity index is 1.92. The average molecular weight is 485 g/mol. The second-order valence-electron chi connectivity index (χ2n) is 9.24. The number of carbonyl (C=O) groups is 2. The summed E-state index contributed by atoms with van der Waals surface area (Å²) < 4.78 is 32.6. The monoisotopic (exact) mass is 484 g/mol. The van der Waals surface area contributed by atoms with Crippen LogP contribution >= 0.6 is 0 Å². The van der Waals surface area contributed by atoms with Gasteiger partial charge in [-0.2, -0.15) is 0 Å². The Labute approximate surface area is 201 Å². The topological polar surface area (TPSA) is 92.8 Å². The van der Waals surface area contributed by atoms with E-state index in [0.717, 1.165) is 30.2 Å². The van der Waals surface area contributed by atoms with E-state index in [1.807, 2.05) is 43.3 Å². The predicted molar refractivity (Wildman–Crippen MR) is 130 cm³/mol. The van der Waals surface area contributed by atoms with Crippen molar-refractivity contribution in [2.45, 2.75) is 63.6 Å². The highest BCUT2D eigenvalue weighted by atomic mass is 32.2. The number of carbonyl (C=O) groups excluding carboxylic acids is 2. The first kappa shape index (κ1) is 24.4. The molecule has 0 spiro atoms. The van der Waals surface area contributed by atoms with Crippen LogP contribution in [0.3, 0.4) is 0 Å². The summed E-state index contributed by atoms with van der Waals surface area (Å²) in [5.41, 5.74) is 2.97. The lowest BCUT2D eigenvalue weighted by Crippen LogP contribution is -2.58. The van der Waals surface area contributed by atoms with E-state index in [0.29, 0.717) is 24.0 Å². The molecule has 2 aromatic rings. The van der Waals surface area contributed by atoms with Crippen LogP contribution in [0.2, 0.25) is 0 Å². The number of rotatable bonds is 6. The molecule has 182 valence electrons. The third-order valence-electron chi connectivity index (χ3n) is 6.75. The average Bonchev–Trinajstić information content (AvgIpc) is 2.79. The molecule has 0 saturated heterocycles. The van der Waals surface area contributed by atoms with E-state index >= 15 is 0 Å². The quantitative estimate of drug-likeness (QED) is 0.631. The van der Waals surface area contributed by atoms with Crippen LogP contribution in [0, 0.1) is 6.92 Å². The number of fused-ring (bicyclic) bond motifs is 1. The zero-order chi connectivity index (χ0) is 24.5. The number of hydrogen-bond acceptors (Lipinski definition) is 5. The molecule has 0 bridgehead atoms. The van der Waals surface area contributed by atoms with Crippen molar-refractivity contribution in [3.63, 3.8) is 0 Å². The van der Waals surface area contributed by atoms with Crippen LogP contribution in [0.25, 0.3) is 0 Å². The summed E-state index contributed by atoms with van der Waals surface area (Å²) in [6.45, 7) is 3.97. The summed E-state index contributed by atoms with van der Waals surface area (Å²) in [6.07, 6.45) is 4.18. The van der Waals surface area contributed by atoms with Crippen molar-refractivity contribution in [2.24, 2.45) is 0 Å². The summed E-state index contributed by atoms with van der Waals surface area (Å²) in [5.74, 6) is -1.28. The fourth-order valence-corrected chi connectivity index (χ4v) is 6.29. The second kappa shape index (κ2) is 9.88. The molecule has 0 radical (unpaired) electrons. The molecule has 7 nitrogen and oxygen atoms in total. The molecule has 1 amide bonds. The van der Waals surface area contributed by atoms with Crippen LogP contribution in [0.4, 0.5) is 0 Å². The van der Waals surface area contributed by atoms with E-state index in [1.54, 1.807) is 24.0 Å². The lowest BCUT2D eigenvalue weighted by atomic mass is 9.76. The van der Waals surface area contributed by atoms with Gasteiger partial charge in [0.15, 0.2) is 0 Å². The maximum atomic E-state index is 14.0. The predicted octanol–water partition coefficient (Wildman–Crippen LogP) is 3.70. The van der Waals surface area contributed by atoms with Crippen molar-refractivity contribution < 1.29 is 22.7 Å². The first-order chi connectivity index (χ1) is 16.2. The molecule has 1 heterocycles. The number of sulfonamides is 1. The smallest absolute Gasteiger partial charge is 0.315 e. The highest BCUT2D eigenvalue weighted by Crippen LogP contribution is 2.46. The maximum absolute atomic E-state index is 14.0. The molecule has 8 heteroatoms. The van der Waals surface area contributed by atoms with Gasteiger partial charge in [-0.15, -0.1) is 0 Å². The third-order valence-corrected chi connectivity index (χ3v) is 7.48.